The summed E-state index contributed by atoms with van der Waals surface area (Å²) < 4.78 is 6.11. The van der Waals surface area contributed by atoms with E-state index in [0.29, 0.717) is 0 Å². The maximum absolute atomic E-state index is 9.20. The van der Waals surface area contributed by atoms with Crippen LogP contribution >= 0.6 is 27.3 Å². The highest BCUT2D eigenvalue weighted by Gasteiger charge is 2.12. The molecule has 1 heterocycles. The highest BCUT2D eigenvalue weighted by Crippen LogP contribution is 2.29. The van der Waals surface area contributed by atoms with E-state index >= 15 is 0 Å². The van der Waals surface area contributed by atoms with Crippen molar-refractivity contribution in [3.05, 3.63) is 45.1 Å². The Labute approximate surface area is 118 Å². The second-order valence-corrected chi connectivity index (χ2v) is 6.07. The lowest BCUT2D eigenvalue weighted by Crippen LogP contribution is -2.06. The van der Waals surface area contributed by atoms with Crippen LogP contribution in [-0.2, 0) is 0 Å². The topological polar surface area (TPSA) is 45.0 Å². The van der Waals surface area contributed by atoms with E-state index < -0.39 is 0 Å². The molecule has 0 saturated carbocycles. The van der Waals surface area contributed by atoms with E-state index in [0.717, 1.165) is 20.1 Å². The highest BCUT2D eigenvalue weighted by molar-refractivity contribution is 9.11. The third-order valence-corrected chi connectivity index (χ3v) is 4.10. The first-order chi connectivity index (χ1) is 8.72. The summed E-state index contributed by atoms with van der Waals surface area (Å²) in [4.78, 5) is 0.986. The number of anilines is 1. The van der Waals surface area contributed by atoms with Gasteiger partial charge in [0.1, 0.15) is 11.8 Å². The fourth-order valence-corrected chi connectivity index (χ4v) is 2.92. The van der Waals surface area contributed by atoms with E-state index in [4.69, 9.17) is 4.74 Å². The Morgan fingerprint density at radius 1 is 1.28 bits per heavy atom. The first-order valence-corrected chi connectivity index (χ1v) is 6.89. The zero-order valence-electron chi connectivity index (χ0n) is 9.68. The molecule has 0 aliphatic rings. The number of ether oxygens (including phenoxy) is 1. The number of thiophene rings is 1. The fourth-order valence-electron chi connectivity index (χ4n) is 1.50. The van der Waals surface area contributed by atoms with Gasteiger partial charge in [-0.05, 0) is 52.3 Å². The van der Waals surface area contributed by atoms with Crippen molar-refractivity contribution in [3.8, 4) is 11.8 Å². The molecule has 0 bridgehead atoms. The van der Waals surface area contributed by atoms with Crippen molar-refractivity contribution < 1.29 is 4.74 Å². The molecule has 0 saturated heterocycles. The van der Waals surface area contributed by atoms with Crippen LogP contribution in [0.1, 0.15) is 10.9 Å². The van der Waals surface area contributed by atoms with Gasteiger partial charge in [0, 0.05) is 10.6 Å². The first kappa shape index (κ1) is 12.9. The fraction of sp³-hybridized carbons (Fsp3) is 0.154. The molecule has 92 valence electrons. The maximum atomic E-state index is 9.20. The summed E-state index contributed by atoms with van der Waals surface area (Å²) in [6.07, 6.45) is 0. The van der Waals surface area contributed by atoms with Crippen molar-refractivity contribution in [1.82, 2.24) is 0 Å². The molecule has 0 fully saturated rings. The van der Waals surface area contributed by atoms with Gasteiger partial charge in [-0.1, -0.05) is 0 Å². The summed E-state index contributed by atoms with van der Waals surface area (Å²) in [5.41, 5.74) is 0.895. The van der Waals surface area contributed by atoms with Gasteiger partial charge in [0.05, 0.1) is 17.0 Å². The molecule has 0 aliphatic carbocycles. The zero-order valence-corrected chi connectivity index (χ0v) is 12.1. The molecule has 1 atom stereocenters. The monoisotopic (exact) mass is 322 g/mol. The molecule has 3 nitrogen and oxygen atoms in total. The van der Waals surface area contributed by atoms with E-state index in [1.807, 2.05) is 36.4 Å². The first-order valence-electron chi connectivity index (χ1n) is 5.28. The minimum atomic E-state index is -0.338. The summed E-state index contributed by atoms with van der Waals surface area (Å²) in [7, 11) is 1.63. The molecule has 0 radical (unpaired) electrons. The van der Waals surface area contributed by atoms with Crippen molar-refractivity contribution >= 4 is 33.0 Å². The third kappa shape index (κ3) is 3.03. The Hall–Kier alpha value is -1.51. The van der Waals surface area contributed by atoms with Crippen LogP contribution in [0.15, 0.2) is 40.2 Å². The van der Waals surface area contributed by atoms with Crippen LogP contribution in [0.25, 0.3) is 0 Å². The zero-order chi connectivity index (χ0) is 13.0. The average molecular weight is 323 g/mol. The lowest BCUT2D eigenvalue weighted by molar-refractivity contribution is 0.415. The minimum absolute atomic E-state index is 0.338. The van der Waals surface area contributed by atoms with E-state index in [9.17, 15) is 5.26 Å². The number of hydrogen-bond acceptors (Lipinski definition) is 4. The van der Waals surface area contributed by atoms with Gasteiger partial charge in [-0.15, -0.1) is 11.3 Å². The Bertz CT molecular complexity index is 559. The van der Waals surface area contributed by atoms with E-state index in [1.165, 1.54) is 0 Å². The smallest absolute Gasteiger partial charge is 0.149 e. The Kier molecular flexibility index (Phi) is 4.24. The molecule has 5 heteroatoms. The van der Waals surface area contributed by atoms with Gasteiger partial charge in [-0.2, -0.15) is 5.26 Å². The molecule has 0 aliphatic heterocycles. The minimum Gasteiger partial charge on any atom is -0.497 e. The number of hydrogen-bond donors (Lipinski definition) is 1. The molecule has 1 N–H and O–H groups in total. The molecule has 2 rings (SSSR count). The Balaban J connectivity index is 2.13. The van der Waals surface area contributed by atoms with Crippen LogP contribution < -0.4 is 10.1 Å². The molecule has 1 aromatic heterocycles. The molecule has 1 aromatic carbocycles. The van der Waals surface area contributed by atoms with Gasteiger partial charge in [0.2, 0.25) is 0 Å². The molecule has 1 unspecified atom stereocenters. The van der Waals surface area contributed by atoms with Gasteiger partial charge in [0.25, 0.3) is 0 Å². The summed E-state index contributed by atoms with van der Waals surface area (Å²) in [5.74, 6) is 0.799. The largest absolute Gasteiger partial charge is 0.497 e. The maximum Gasteiger partial charge on any atom is 0.149 e. The van der Waals surface area contributed by atoms with Crippen LogP contribution in [0.3, 0.4) is 0 Å². The van der Waals surface area contributed by atoms with Gasteiger partial charge in [-0.3, -0.25) is 0 Å². The average Bonchev–Trinajstić information content (AvgIpc) is 2.83. The summed E-state index contributed by atoms with van der Waals surface area (Å²) in [5, 5.41) is 12.4. The van der Waals surface area contributed by atoms with Crippen LogP contribution in [-0.4, -0.2) is 7.11 Å². The summed E-state index contributed by atoms with van der Waals surface area (Å²) >= 11 is 4.95. The molecular weight excluding hydrogens is 312 g/mol. The van der Waals surface area contributed by atoms with Gasteiger partial charge >= 0.3 is 0 Å². The summed E-state index contributed by atoms with van der Waals surface area (Å²) in [6.45, 7) is 0. The highest BCUT2D eigenvalue weighted by atomic mass is 79.9. The third-order valence-electron chi connectivity index (χ3n) is 2.41. The number of rotatable bonds is 4. The molecule has 18 heavy (non-hydrogen) atoms. The van der Waals surface area contributed by atoms with Crippen LogP contribution in [0, 0.1) is 11.3 Å². The standard InChI is InChI=1S/C13H11BrN2OS/c1-17-10-4-2-9(3-5-10)16-11(8-15)12-6-7-13(14)18-12/h2-7,11,16H,1H3. The van der Waals surface area contributed by atoms with Crippen molar-refractivity contribution in [3.63, 3.8) is 0 Å². The second kappa shape index (κ2) is 5.89. The number of benzene rings is 1. The van der Waals surface area contributed by atoms with Gasteiger partial charge in [-0.25, -0.2) is 0 Å². The lowest BCUT2D eigenvalue weighted by atomic mass is 10.2. The number of halogens is 1. The summed E-state index contributed by atoms with van der Waals surface area (Å²) in [6, 6.07) is 13.3. The Morgan fingerprint density at radius 2 is 2.00 bits per heavy atom. The lowest BCUT2D eigenvalue weighted by Gasteiger charge is -2.11. The predicted octanol–water partition coefficient (Wildman–Crippen LogP) is 4.20. The van der Waals surface area contributed by atoms with Crippen LogP contribution in [0.4, 0.5) is 5.69 Å². The molecule has 0 spiro atoms. The second-order valence-electron chi connectivity index (χ2n) is 3.58. The molecular formula is C13H11BrN2OS. The number of methoxy groups -OCH3 is 1. The van der Waals surface area contributed by atoms with Gasteiger partial charge < -0.3 is 10.1 Å². The van der Waals surface area contributed by atoms with E-state index in [2.05, 4.69) is 27.3 Å². The van der Waals surface area contributed by atoms with Crippen molar-refractivity contribution in [2.45, 2.75) is 6.04 Å². The molecule has 2 aromatic rings. The molecule has 0 amide bonds. The Morgan fingerprint density at radius 3 is 2.50 bits per heavy atom. The normalized spacial score (nSPS) is 11.6. The van der Waals surface area contributed by atoms with Crippen LogP contribution in [0.5, 0.6) is 5.75 Å². The van der Waals surface area contributed by atoms with Gasteiger partial charge in [0.15, 0.2) is 0 Å². The van der Waals surface area contributed by atoms with Crippen molar-refractivity contribution in [2.24, 2.45) is 0 Å². The van der Waals surface area contributed by atoms with E-state index in [-0.39, 0.29) is 6.04 Å². The van der Waals surface area contributed by atoms with E-state index in [1.54, 1.807) is 18.4 Å². The predicted molar refractivity (Wildman–Crippen MR) is 77.0 cm³/mol. The van der Waals surface area contributed by atoms with Crippen molar-refractivity contribution in [2.75, 3.05) is 12.4 Å². The number of nitriles is 1. The van der Waals surface area contributed by atoms with Crippen LogP contribution in [0.2, 0.25) is 0 Å². The SMILES string of the molecule is COc1ccc(NC(C#N)c2ccc(Br)s2)cc1. The van der Waals surface area contributed by atoms with Crippen molar-refractivity contribution in [1.29, 1.82) is 5.26 Å². The quantitative estimate of drug-likeness (QED) is 0.917. The number of nitrogens with zero attached hydrogens (tertiary/aromatic N) is 1. The number of nitrogens with one attached hydrogen (secondary N) is 1.